The van der Waals surface area contributed by atoms with E-state index in [1.807, 2.05) is 43.5 Å². The lowest BCUT2D eigenvalue weighted by atomic mass is 9.74. The number of fused-ring (bicyclic) bond motifs is 2. The highest BCUT2D eigenvalue weighted by atomic mass is 16.5. The van der Waals surface area contributed by atoms with Gasteiger partial charge in [0, 0.05) is 77.3 Å². The van der Waals surface area contributed by atoms with E-state index in [0.29, 0.717) is 18.6 Å². The van der Waals surface area contributed by atoms with Crippen LogP contribution in [0.2, 0.25) is 0 Å². The first-order valence-electron chi connectivity index (χ1n) is 15.1. The number of esters is 1. The Morgan fingerprint density at radius 2 is 1.79 bits per heavy atom. The van der Waals surface area contributed by atoms with Crippen LogP contribution in [0.3, 0.4) is 0 Å². The number of hydrogen-bond donors (Lipinski definition) is 0. The molecule has 2 unspecified atom stereocenters. The molecule has 1 aromatic heterocycles. The van der Waals surface area contributed by atoms with E-state index in [4.69, 9.17) is 14.5 Å². The van der Waals surface area contributed by atoms with Crippen molar-refractivity contribution in [2.24, 2.45) is 4.99 Å². The summed E-state index contributed by atoms with van der Waals surface area (Å²) in [7, 11) is 0. The first-order chi connectivity index (χ1) is 20.5. The number of aliphatic imine (C=N–C) groups is 1. The van der Waals surface area contributed by atoms with Crippen molar-refractivity contribution in [2.75, 3.05) is 24.6 Å². The first-order valence-corrected chi connectivity index (χ1v) is 15.1. The minimum absolute atomic E-state index is 0.276. The molecule has 0 saturated carbocycles. The Morgan fingerprint density at radius 3 is 2.55 bits per heavy atom. The fourth-order valence-electron chi connectivity index (χ4n) is 6.99. The summed E-state index contributed by atoms with van der Waals surface area (Å²) in [6.45, 7) is 14.0. The molecule has 6 nitrogen and oxygen atoms in total. The molecule has 2 aliphatic rings. The fourth-order valence-corrected chi connectivity index (χ4v) is 6.99. The van der Waals surface area contributed by atoms with Crippen LogP contribution in [0.1, 0.15) is 73.0 Å². The van der Waals surface area contributed by atoms with Crippen LogP contribution in [-0.4, -0.2) is 36.4 Å². The molecule has 0 bridgehead atoms. The number of nitrogens with zero attached hydrogens (tertiary/aromatic N) is 3. The molecule has 0 N–H and O–H groups in total. The second kappa shape index (κ2) is 11.2. The highest BCUT2D eigenvalue weighted by Crippen LogP contribution is 2.52. The number of cyclic esters (lactones) is 1. The Kier molecular flexibility index (Phi) is 7.40. The first kappa shape index (κ1) is 27.8. The van der Waals surface area contributed by atoms with Crippen LogP contribution in [0.15, 0.2) is 83.4 Å². The number of rotatable bonds is 9. The summed E-state index contributed by atoms with van der Waals surface area (Å²) < 4.78 is 14.8. The zero-order chi connectivity index (χ0) is 29.4. The molecule has 0 saturated heterocycles. The largest absolute Gasteiger partial charge is 0.493 e. The minimum Gasteiger partial charge on any atom is -0.493 e. The van der Waals surface area contributed by atoms with Crippen molar-refractivity contribution in [1.29, 1.82) is 0 Å². The van der Waals surface area contributed by atoms with E-state index in [1.54, 1.807) is 0 Å². The molecule has 0 amide bonds. The summed E-state index contributed by atoms with van der Waals surface area (Å²) >= 11 is 0. The SMILES string of the molecule is CCOc1cc(N(CC)CC)ccc1C1(c2c(C)n(CC)c3ccccc23)CC(C2OC(=O)c3ccccc32)=CC=N1. The van der Waals surface area contributed by atoms with Crippen molar-refractivity contribution >= 4 is 28.8 Å². The summed E-state index contributed by atoms with van der Waals surface area (Å²) in [4.78, 5) is 20.6. The molecule has 3 aromatic carbocycles. The Labute approximate surface area is 248 Å². The number of dihydropyridines is 1. The Balaban J connectivity index is 1.60. The second-order valence-electron chi connectivity index (χ2n) is 10.9. The van der Waals surface area contributed by atoms with Gasteiger partial charge in [0.25, 0.3) is 0 Å². The van der Waals surface area contributed by atoms with Gasteiger partial charge in [0.05, 0.1) is 12.2 Å². The van der Waals surface area contributed by atoms with Crippen molar-refractivity contribution in [3.05, 3.63) is 106 Å². The average Bonchev–Trinajstić information content (AvgIpc) is 3.51. The number of anilines is 1. The molecule has 3 heterocycles. The van der Waals surface area contributed by atoms with Gasteiger partial charge < -0.3 is 18.9 Å². The number of hydrogen-bond acceptors (Lipinski definition) is 5. The van der Waals surface area contributed by atoms with Crippen molar-refractivity contribution in [2.45, 2.75) is 59.2 Å². The monoisotopic (exact) mass is 561 g/mol. The average molecular weight is 562 g/mol. The third-order valence-corrected chi connectivity index (χ3v) is 8.87. The van der Waals surface area contributed by atoms with Crippen molar-refractivity contribution in [1.82, 2.24) is 4.57 Å². The highest BCUT2D eigenvalue weighted by Gasteiger charge is 2.45. The summed E-state index contributed by atoms with van der Waals surface area (Å²) in [5, 5.41) is 1.18. The summed E-state index contributed by atoms with van der Waals surface area (Å²) in [5.74, 6) is 0.554. The molecular weight excluding hydrogens is 522 g/mol. The Morgan fingerprint density at radius 1 is 1.02 bits per heavy atom. The standard InChI is InChI=1S/C36H39N3O3/c1-6-38(7-2)26-18-19-30(32(22-26)41-9-4)36(33-24(5)39(8-3)31-17-13-12-16-29(31)33)23-25(20-21-37-36)34-27-14-10-11-15-28(27)35(40)42-34/h10-22,34H,6-9,23H2,1-5H3. The van der Waals surface area contributed by atoms with E-state index in [9.17, 15) is 4.79 Å². The minimum atomic E-state index is -0.787. The van der Waals surface area contributed by atoms with E-state index in [-0.39, 0.29) is 5.97 Å². The second-order valence-corrected chi connectivity index (χ2v) is 10.9. The van der Waals surface area contributed by atoms with Gasteiger partial charge in [-0.2, -0.15) is 0 Å². The van der Waals surface area contributed by atoms with Crippen LogP contribution < -0.4 is 9.64 Å². The maximum atomic E-state index is 12.9. The van der Waals surface area contributed by atoms with Gasteiger partial charge in [-0.3, -0.25) is 4.99 Å². The number of para-hydroxylation sites is 1. The smallest absolute Gasteiger partial charge is 0.339 e. The molecule has 0 radical (unpaired) electrons. The predicted octanol–water partition coefficient (Wildman–Crippen LogP) is 7.77. The number of ether oxygens (including phenoxy) is 2. The van der Waals surface area contributed by atoms with E-state index in [0.717, 1.165) is 53.3 Å². The number of aryl methyl sites for hydroxylation is 1. The highest BCUT2D eigenvalue weighted by molar-refractivity contribution is 5.95. The molecule has 6 rings (SSSR count). The van der Waals surface area contributed by atoms with Crippen LogP contribution >= 0.6 is 0 Å². The normalized spacial score (nSPS) is 19.5. The molecule has 4 aromatic rings. The van der Waals surface area contributed by atoms with E-state index in [1.165, 1.54) is 16.6 Å². The quantitative estimate of drug-likeness (QED) is 0.196. The van der Waals surface area contributed by atoms with Gasteiger partial charge in [-0.15, -0.1) is 0 Å². The van der Waals surface area contributed by atoms with E-state index >= 15 is 0 Å². The van der Waals surface area contributed by atoms with Crippen LogP contribution in [0.5, 0.6) is 5.75 Å². The molecule has 0 fully saturated rings. The number of carbonyl (C=O) groups is 1. The number of allylic oxidation sites excluding steroid dienone is 1. The number of carbonyl (C=O) groups excluding carboxylic acids is 1. The fraction of sp³-hybridized carbons (Fsp3) is 0.333. The van der Waals surface area contributed by atoms with Gasteiger partial charge in [0.1, 0.15) is 17.4 Å². The van der Waals surface area contributed by atoms with Crippen molar-refractivity contribution < 1.29 is 14.3 Å². The Hall–Kier alpha value is -4.32. The van der Waals surface area contributed by atoms with Crippen LogP contribution in [0, 0.1) is 6.92 Å². The van der Waals surface area contributed by atoms with Crippen molar-refractivity contribution in [3.63, 3.8) is 0 Å². The van der Waals surface area contributed by atoms with Gasteiger partial charge in [-0.05, 0) is 64.5 Å². The summed E-state index contributed by atoms with van der Waals surface area (Å²) in [6, 6.07) is 22.9. The third kappa shape index (κ3) is 4.32. The van der Waals surface area contributed by atoms with E-state index < -0.39 is 11.6 Å². The summed E-state index contributed by atoms with van der Waals surface area (Å²) in [5.41, 5.74) is 7.45. The zero-order valence-corrected chi connectivity index (χ0v) is 25.2. The van der Waals surface area contributed by atoms with Crippen LogP contribution in [0.4, 0.5) is 5.69 Å². The molecule has 0 aliphatic carbocycles. The topological polar surface area (TPSA) is 56.1 Å². The van der Waals surface area contributed by atoms with Crippen LogP contribution in [0.25, 0.3) is 10.9 Å². The van der Waals surface area contributed by atoms with E-state index in [2.05, 4.69) is 79.6 Å². The van der Waals surface area contributed by atoms with Gasteiger partial charge in [-0.25, -0.2) is 4.79 Å². The molecule has 216 valence electrons. The summed E-state index contributed by atoms with van der Waals surface area (Å²) in [6.07, 6.45) is 4.03. The third-order valence-electron chi connectivity index (χ3n) is 8.87. The maximum absolute atomic E-state index is 12.9. The number of aromatic nitrogens is 1. The van der Waals surface area contributed by atoms with Crippen molar-refractivity contribution in [3.8, 4) is 5.75 Å². The predicted molar refractivity (Wildman–Crippen MR) is 170 cm³/mol. The van der Waals surface area contributed by atoms with Gasteiger partial charge in [0.15, 0.2) is 0 Å². The number of benzene rings is 3. The lowest BCUT2D eigenvalue weighted by Crippen LogP contribution is -2.31. The molecule has 0 spiro atoms. The molecule has 2 aliphatic heterocycles. The molecular formula is C36H39N3O3. The maximum Gasteiger partial charge on any atom is 0.339 e. The van der Waals surface area contributed by atoms with Gasteiger partial charge in [-0.1, -0.05) is 42.5 Å². The molecule has 6 heteroatoms. The lowest BCUT2D eigenvalue weighted by molar-refractivity contribution is 0.0440. The van der Waals surface area contributed by atoms with Gasteiger partial charge in [0.2, 0.25) is 0 Å². The van der Waals surface area contributed by atoms with Crippen LogP contribution in [-0.2, 0) is 16.8 Å². The molecule has 42 heavy (non-hydrogen) atoms. The lowest BCUT2D eigenvalue weighted by Gasteiger charge is -2.37. The Bertz CT molecular complexity index is 1710. The van der Waals surface area contributed by atoms with Gasteiger partial charge >= 0.3 is 5.97 Å². The zero-order valence-electron chi connectivity index (χ0n) is 25.2. The molecule has 2 atom stereocenters.